The minimum atomic E-state index is -0.193. The highest BCUT2D eigenvalue weighted by Gasteiger charge is 2.24. The van der Waals surface area contributed by atoms with Crippen molar-refractivity contribution in [1.82, 2.24) is 15.0 Å². The van der Waals surface area contributed by atoms with E-state index in [0.717, 1.165) is 35.9 Å². The van der Waals surface area contributed by atoms with E-state index in [1.165, 1.54) is 0 Å². The molecule has 2 aromatic rings. The molecule has 2 aliphatic rings. The van der Waals surface area contributed by atoms with E-state index in [1.807, 2.05) is 23.9 Å². The van der Waals surface area contributed by atoms with Crippen molar-refractivity contribution in [3.8, 4) is 0 Å². The molecular formula is C16H18FN5OS. The van der Waals surface area contributed by atoms with Crippen LogP contribution in [0.25, 0.3) is 0 Å². The molecule has 1 aromatic carbocycles. The molecule has 0 amide bonds. The molecule has 1 aromatic heterocycles. The predicted molar refractivity (Wildman–Crippen MR) is 92.0 cm³/mol. The Kier molecular flexibility index (Phi) is 4.38. The van der Waals surface area contributed by atoms with Crippen LogP contribution in [0, 0.1) is 5.82 Å². The van der Waals surface area contributed by atoms with Gasteiger partial charge in [0.05, 0.1) is 24.1 Å². The zero-order chi connectivity index (χ0) is 16.4. The molecular weight excluding hydrogens is 329 g/mol. The van der Waals surface area contributed by atoms with Gasteiger partial charge in [0.15, 0.2) is 6.10 Å². The number of thioether (sulfide) groups is 1. The number of rotatable bonds is 4. The average Bonchev–Trinajstić information content (AvgIpc) is 3.28. The largest absolute Gasteiger partial charge is 0.390 e. The summed E-state index contributed by atoms with van der Waals surface area (Å²) in [5.74, 6) is 1.90. The Hall–Kier alpha value is -2.09. The monoisotopic (exact) mass is 347 g/mol. The normalized spacial score (nSPS) is 20.8. The van der Waals surface area contributed by atoms with Gasteiger partial charge in [0.1, 0.15) is 5.82 Å². The van der Waals surface area contributed by atoms with Crippen LogP contribution >= 0.6 is 11.8 Å². The molecule has 1 fully saturated rings. The maximum atomic E-state index is 14.5. The third-order valence-electron chi connectivity index (χ3n) is 4.23. The summed E-state index contributed by atoms with van der Waals surface area (Å²) in [6.45, 7) is 2.37. The van der Waals surface area contributed by atoms with Crippen molar-refractivity contribution in [2.75, 3.05) is 29.5 Å². The first-order valence-corrected chi connectivity index (χ1v) is 9.14. The van der Waals surface area contributed by atoms with Crippen LogP contribution in [0.3, 0.4) is 0 Å². The van der Waals surface area contributed by atoms with Crippen molar-refractivity contribution >= 4 is 23.2 Å². The molecule has 0 N–H and O–H groups in total. The van der Waals surface area contributed by atoms with Gasteiger partial charge in [-0.3, -0.25) is 0 Å². The van der Waals surface area contributed by atoms with Crippen molar-refractivity contribution in [2.24, 2.45) is 5.16 Å². The van der Waals surface area contributed by atoms with Crippen LogP contribution in [0.5, 0.6) is 0 Å². The van der Waals surface area contributed by atoms with E-state index >= 15 is 0 Å². The lowest BCUT2D eigenvalue weighted by Gasteiger charge is -2.28. The fourth-order valence-electron chi connectivity index (χ4n) is 2.98. The average molecular weight is 347 g/mol. The molecule has 126 valence electrons. The second-order valence-corrected chi connectivity index (χ2v) is 7.08. The summed E-state index contributed by atoms with van der Waals surface area (Å²) in [7, 11) is 0. The van der Waals surface area contributed by atoms with Gasteiger partial charge in [0.25, 0.3) is 0 Å². The van der Waals surface area contributed by atoms with Gasteiger partial charge in [-0.25, -0.2) is 9.07 Å². The van der Waals surface area contributed by atoms with Crippen molar-refractivity contribution in [3.63, 3.8) is 0 Å². The number of hydrogen-bond donors (Lipinski definition) is 0. The van der Waals surface area contributed by atoms with E-state index in [2.05, 4.69) is 20.4 Å². The number of nitrogens with zero attached hydrogens (tertiary/aromatic N) is 5. The van der Waals surface area contributed by atoms with Crippen LogP contribution < -0.4 is 4.90 Å². The van der Waals surface area contributed by atoms with Crippen molar-refractivity contribution in [3.05, 3.63) is 42.0 Å². The minimum absolute atomic E-state index is 0.0939. The molecule has 0 unspecified atom stereocenters. The van der Waals surface area contributed by atoms with Crippen LogP contribution in [-0.4, -0.2) is 51.4 Å². The van der Waals surface area contributed by atoms with Gasteiger partial charge >= 0.3 is 0 Å². The molecule has 0 spiro atoms. The van der Waals surface area contributed by atoms with Gasteiger partial charge in [-0.15, -0.1) is 5.10 Å². The quantitative estimate of drug-likeness (QED) is 0.848. The number of aromatic nitrogens is 3. The lowest BCUT2D eigenvalue weighted by molar-refractivity contribution is 0.0693. The smallest absolute Gasteiger partial charge is 0.152 e. The summed E-state index contributed by atoms with van der Waals surface area (Å²) in [4.78, 5) is 7.55. The van der Waals surface area contributed by atoms with Gasteiger partial charge in [0.2, 0.25) is 0 Å². The third-order valence-corrected chi connectivity index (χ3v) is 5.17. The van der Waals surface area contributed by atoms with E-state index in [0.29, 0.717) is 18.7 Å². The zero-order valence-corrected chi connectivity index (χ0v) is 14.0. The van der Waals surface area contributed by atoms with Crippen LogP contribution in [-0.2, 0) is 11.4 Å². The van der Waals surface area contributed by atoms with E-state index in [-0.39, 0.29) is 11.9 Å². The third kappa shape index (κ3) is 3.24. The lowest BCUT2D eigenvalue weighted by Crippen LogP contribution is -2.33. The summed E-state index contributed by atoms with van der Waals surface area (Å²) in [5.41, 5.74) is 2.24. The summed E-state index contributed by atoms with van der Waals surface area (Å²) in [6, 6.07) is 5.35. The van der Waals surface area contributed by atoms with Gasteiger partial charge in [0, 0.05) is 42.8 Å². The van der Waals surface area contributed by atoms with Gasteiger partial charge in [-0.1, -0.05) is 16.4 Å². The molecule has 4 rings (SSSR count). The summed E-state index contributed by atoms with van der Waals surface area (Å²) >= 11 is 1.91. The second kappa shape index (κ2) is 6.80. The van der Waals surface area contributed by atoms with E-state index in [9.17, 15) is 4.39 Å². The fraction of sp³-hybridized carbons (Fsp3) is 0.438. The standard InChI is InChI=1S/C16H18FN5OS/c17-14-9-12(1-2-16(14)21-5-7-24-8-6-21)15-10-13(23-19-15)11-22-4-3-18-20-22/h1-4,9,13H,5-8,10-11H2/t13-/m0/s1. The second-order valence-electron chi connectivity index (χ2n) is 5.86. The van der Waals surface area contributed by atoms with E-state index < -0.39 is 0 Å². The SMILES string of the molecule is Fc1cc(C2=NO[C@H](Cn3ccnn3)C2)ccc1N1CCSCC1. The number of oxime groups is 1. The molecule has 8 heteroatoms. The molecule has 0 aliphatic carbocycles. The Balaban J connectivity index is 1.44. The zero-order valence-electron chi connectivity index (χ0n) is 13.1. The lowest BCUT2D eigenvalue weighted by atomic mass is 10.0. The van der Waals surface area contributed by atoms with Gasteiger partial charge in [-0.05, 0) is 12.1 Å². The molecule has 0 radical (unpaired) electrons. The molecule has 24 heavy (non-hydrogen) atoms. The maximum Gasteiger partial charge on any atom is 0.152 e. The molecule has 2 aliphatic heterocycles. The highest BCUT2D eigenvalue weighted by atomic mass is 32.2. The van der Waals surface area contributed by atoms with Gasteiger partial charge in [-0.2, -0.15) is 11.8 Å². The Morgan fingerprint density at radius 2 is 2.17 bits per heavy atom. The number of benzene rings is 1. The maximum absolute atomic E-state index is 14.5. The van der Waals surface area contributed by atoms with Gasteiger partial charge < -0.3 is 9.74 Å². The Morgan fingerprint density at radius 3 is 2.92 bits per heavy atom. The number of halogens is 1. The van der Waals surface area contributed by atoms with E-state index in [1.54, 1.807) is 23.1 Å². The first-order chi connectivity index (χ1) is 11.8. The highest BCUT2D eigenvalue weighted by Crippen LogP contribution is 2.26. The fourth-order valence-corrected chi connectivity index (χ4v) is 3.89. The molecule has 3 heterocycles. The topological polar surface area (TPSA) is 55.5 Å². The van der Waals surface area contributed by atoms with Crippen molar-refractivity contribution < 1.29 is 9.23 Å². The first kappa shape index (κ1) is 15.4. The molecule has 6 nitrogen and oxygen atoms in total. The highest BCUT2D eigenvalue weighted by molar-refractivity contribution is 7.99. The van der Waals surface area contributed by atoms with Crippen LogP contribution in [0.1, 0.15) is 12.0 Å². The summed E-state index contributed by atoms with van der Waals surface area (Å²) in [6.07, 6.45) is 3.96. The first-order valence-electron chi connectivity index (χ1n) is 7.99. The van der Waals surface area contributed by atoms with Crippen LogP contribution in [0.2, 0.25) is 0 Å². The number of hydrogen-bond acceptors (Lipinski definition) is 6. The number of anilines is 1. The Bertz CT molecular complexity index is 730. The Morgan fingerprint density at radius 1 is 1.29 bits per heavy atom. The summed E-state index contributed by atoms with van der Waals surface area (Å²) in [5, 5.41) is 11.8. The Labute approximate surface area is 143 Å². The minimum Gasteiger partial charge on any atom is -0.390 e. The molecule has 0 bridgehead atoms. The summed E-state index contributed by atoms with van der Waals surface area (Å²) < 4.78 is 16.2. The predicted octanol–water partition coefficient (Wildman–Crippen LogP) is 2.16. The molecule has 1 atom stereocenters. The molecule has 1 saturated heterocycles. The van der Waals surface area contributed by atoms with Crippen LogP contribution in [0.4, 0.5) is 10.1 Å². The van der Waals surface area contributed by atoms with Crippen molar-refractivity contribution in [1.29, 1.82) is 0 Å². The van der Waals surface area contributed by atoms with E-state index in [4.69, 9.17) is 4.84 Å². The van der Waals surface area contributed by atoms with Crippen LogP contribution in [0.15, 0.2) is 35.7 Å². The molecule has 0 saturated carbocycles. The van der Waals surface area contributed by atoms with Crippen molar-refractivity contribution in [2.45, 2.75) is 19.1 Å².